The molecule has 17 heavy (non-hydrogen) atoms. The minimum Gasteiger partial charge on any atom is -0.389 e. The molecule has 96 valence electrons. The smallest absolute Gasteiger partial charge is 0.0747 e. The molecule has 1 saturated heterocycles. The summed E-state index contributed by atoms with van der Waals surface area (Å²) in [6.07, 6.45) is 3.86. The molecule has 0 spiro atoms. The fourth-order valence-electron chi connectivity index (χ4n) is 2.74. The normalized spacial score (nSPS) is 29.5. The van der Waals surface area contributed by atoms with Crippen molar-refractivity contribution in [3.05, 3.63) is 21.9 Å². The maximum atomic E-state index is 10.8. The summed E-state index contributed by atoms with van der Waals surface area (Å²) in [5, 5.41) is 14.2. The number of aliphatic hydroxyl groups is 1. The molecule has 2 nitrogen and oxygen atoms in total. The van der Waals surface area contributed by atoms with Gasteiger partial charge in [-0.15, -0.1) is 11.3 Å². The maximum Gasteiger partial charge on any atom is 0.0747 e. The lowest BCUT2D eigenvalue weighted by molar-refractivity contribution is -0.0408. The highest BCUT2D eigenvalue weighted by molar-refractivity contribution is 7.12. The number of hydrogen-bond donors (Lipinski definition) is 2. The number of aryl methyl sites for hydroxylation is 1. The van der Waals surface area contributed by atoms with Gasteiger partial charge in [0.05, 0.1) is 5.60 Å². The van der Waals surface area contributed by atoms with Crippen LogP contribution in [0.2, 0.25) is 0 Å². The van der Waals surface area contributed by atoms with E-state index < -0.39 is 5.60 Å². The summed E-state index contributed by atoms with van der Waals surface area (Å²) in [6, 6.07) is 4.39. The highest BCUT2D eigenvalue weighted by atomic mass is 32.1. The predicted octanol–water partition coefficient (Wildman–Crippen LogP) is 2.60. The number of nitrogens with one attached hydrogen (secondary N) is 1. The van der Waals surface area contributed by atoms with Gasteiger partial charge in [0.1, 0.15) is 0 Å². The van der Waals surface area contributed by atoms with E-state index in [2.05, 4.69) is 31.3 Å². The van der Waals surface area contributed by atoms with Crippen LogP contribution in [0.4, 0.5) is 0 Å². The zero-order valence-electron chi connectivity index (χ0n) is 10.8. The molecule has 1 aliphatic rings. The van der Waals surface area contributed by atoms with Crippen molar-refractivity contribution in [1.29, 1.82) is 0 Å². The predicted molar refractivity (Wildman–Crippen MR) is 73.6 cm³/mol. The van der Waals surface area contributed by atoms with Gasteiger partial charge in [-0.1, -0.05) is 13.8 Å². The molecular formula is C14H23NOS. The lowest BCUT2D eigenvalue weighted by Crippen LogP contribution is -2.51. The summed E-state index contributed by atoms with van der Waals surface area (Å²) in [5.74, 6) is 0.392. The quantitative estimate of drug-likeness (QED) is 0.864. The summed E-state index contributed by atoms with van der Waals surface area (Å²) in [5.41, 5.74) is -0.490. The van der Waals surface area contributed by atoms with Crippen LogP contribution in [0, 0.1) is 5.92 Å². The van der Waals surface area contributed by atoms with Gasteiger partial charge in [0, 0.05) is 28.6 Å². The van der Waals surface area contributed by atoms with Gasteiger partial charge in [-0.2, -0.15) is 0 Å². The molecule has 0 radical (unpaired) electrons. The van der Waals surface area contributed by atoms with Crippen molar-refractivity contribution < 1.29 is 5.11 Å². The van der Waals surface area contributed by atoms with Gasteiger partial charge in [-0.05, 0) is 37.9 Å². The number of piperidine rings is 1. The van der Waals surface area contributed by atoms with E-state index in [9.17, 15) is 5.11 Å². The van der Waals surface area contributed by atoms with E-state index in [0.29, 0.717) is 5.92 Å². The van der Waals surface area contributed by atoms with Gasteiger partial charge < -0.3 is 10.4 Å². The van der Waals surface area contributed by atoms with Crippen LogP contribution in [-0.4, -0.2) is 23.8 Å². The molecule has 0 saturated carbocycles. The van der Waals surface area contributed by atoms with Crippen molar-refractivity contribution in [2.75, 3.05) is 13.1 Å². The SMILES string of the molecule is CCc1ccc(CC2(O)CCNCC2CC)s1. The topological polar surface area (TPSA) is 32.3 Å². The van der Waals surface area contributed by atoms with E-state index in [1.807, 2.05) is 11.3 Å². The first-order valence-electron chi connectivity index (χ1n) is 6.68. The monoisotopic (exact) mass is 253 g/mol. The van der Waals surface area contributed by atoms with Gasteiger partial charge in [-0.25, -0.2) is 0 Å². The second-order valence-electron chi connectivity index (χ2n) is 5.06. The van der Waals surface area contributed by atoms with Gasteiger partial charge in [0.15, 0.2) is 0 Å². The summed E-state index contributed by atoms with van der Waals surface area (Å²) in [6.45, 7) is 6.26. The third kappa shape index (κ3) is 2.90. The zero-order chi connectivity index (χ0) is 12.3. The van der Waals surface area contributed by atoms with Crippen molar-refractivity contribution in [2.45, 2.75) is 45.1 Å². The fourth-order valence-corrected chi connectivity index (χ4v) is 3.82. The van der Waals surface area contributed by atoms with Crippen LogP contribution in [-0.2, 0) is 12.8 Å². The van der Waals surface area contributed by atoms with E-state index in [1.54, 1.807) is 0 Å². The molecule has 1 aromatic rings. The molecule has 1 aromatic heterocycles. The Balaban J connectivity index is 2.08. The van der Waals surface area contributed by atoms with Crippen LogP contribution in [0.25, 0.3) is 0 Å². The fraction of sp³-hybridized carbons (Fsp3) is 0.714. The average molecular weight is 253 g/mol. The maximum absolute atomic E-state index is 10.8. The third-order valence-electron chi connectivity index (χ3n) is 3.92. The van der Waals surface area contributed by atoms with Gasteiger partial charge in [0.2, 0.25) is 0 Å². The molecule has 0 aromatic carbocycles. The van der Waals surface area contributed by atoms with Crippen LogP contribution < -0.4 is 5.32 Å². The van der Waals surface area contributed by atoms with Gasteiger partial charge in [-0.3, -0.25) is 0 Å². The Morgan fingerprint density at radius 2 is 2.18 bits per heavy atom. The highest BCUT2D eigenvalue weighted by Crippen LogP contribution is 2.32. The standard InChI is InChI=1S/C14H23NOS/c1-3-11-10-15-8-7-14(11,16)9-13-6-5-12(4-2)17-13/h5-6,11,15-16H,3-4,7-10H2,1-2H3. The van der Waals surface area contributed by atoms with Crippen LogP contribution in [0.1, 0.15) is 36.4 Å². The summed E-state index contributed by atoms with van der Waals surface area (Å²) < 4.78 is 0. The molecule has 0 aliphatic carbocycles. The molecule has 2 atom stereocenters. The van der Waals surface area contributed by atoms with Crippen molar-refractivity contribution in [2.24, 2.45) is 5.92 Å². The van der Waals surface area contributed by atoms with Crippen molar-refractivity contribution in [1.82, 2.24) is 5.32 Å². The molecule has 2 unspecified atom stereocenters. The van der Waals surface area contributed by atoms with Gasteiger partial charge in [0.25, 0.3) is 0 Å². The first-order chi connectivity index (χ1) is 8.18. The average Bonchev–Trinajstić information content (AvgIpc) is 2.76. The minimum absolute atomic E-state index is 0.392. The van der Waals surface area contributed by atoms with E-state index in [4.69, 9.17) is 0 Å². The Labute approximate surface area is 108 Å². The molecule has 0 amide bonds. The number of hydrogen-bond acceptors (Lipinski definition) is 3. The Bertz CT molecular complexity index is 363. The summed E-state index contributed by atoms with van der Waals surface area (Å²) in [4.78, 5) is 2.76. The molecular weight excluding hydrogens is 230 g/mol. The number of rotatable bonds is 4. The van der Waals surface area contributed by atoms with Crippen LogP contribution >= 0.6 is 11.3 Å². The first kappa shape index (κ1) is 13.1. The largest absolute Gasteiger partial charge is 0.389 e. The van der Waals surface area contributed by atoms with Crippen molar-refractivity contribution >= 4 is 11.3 Å². The van der Waals surface area contributed by atoms with Crippen molar-refractivity contribution in [3.8, 4) is 0 Å². The van der Waals surface area contributed by atoms with E-state index in [0.717, 1.165) is 38.8 Å². The third-order valence-corrected chi connectivity index (χ3v) is 5.15. The molecule has 3 heteroatoms. The molecule has 1 aliphatic heterocycles. The lowest BCUT2D eigenvalue weighted by atomic mass is 9.77. The summed E-state index contributed by atoms with van der Waals surface area (Å²) in [7, 11) is 0. The molecule has 1 fully saturated rings. The Hall–Kier alpha value is -0.380. The van der Waals surface area contributed by atoms with Crippen LogP contribution in [0.15, 0.2) is 12.1 Å². The van der Waals surface area contributed by atoms with E-state index >= 15 is 0 Å². The first-order valence-corrected chi connectivity index (χ1v) is 7.50. The molecule has 2 heterocycles. The van der Waals surface area contributed by atoms with Crippen LogP contribution in [0.3, 0.4) is 0 Å². The molecule has 0 bridgehead atoms. The van der Waals surface area contributed by atoms with Crippen molar-refractivity contribution in [3.63, 3.8) is 0 Å². The van der Waals surface area contributed by atoms with E-state index in [1.165, 1.54) is 9.75 Å². The Morgan fingerprint density at radius 3 is 2.82 bits per heavy atom. The Morgan fingerprint density at radius 1 is 1.41 bits per heavy atom. The molecule has 2 N–H and O–H groups in total. The van der Waals surface area contributed by atoms with Gasteiger partial charge >= 0.3 is 0 Å². The molecule has 2 rings (SSSR count). The minimum atomic E-state index is -0.490. The zero-order valence-corrected chi connectivity index (χ0v) is 11.6. The van der Waals surface area contributed by atoms with Crippen LogP contribution in [0.5, 0.6) is 0 Å². The lowest BCUT2D eigenvalue weighted by Gasteiger charge is -2.40. The number of thiophene rings is 1. The van der Waals surface area contributed by atoms with E-state index in [-0.39, 0.29) is 0 Å². The summed E-state index contributed by atoms with van der Waals surface area (Å²) >= 11 is 1.86. The second kappa shape index (κ2) is 5.51. The Kier molecular flexibility index (Phi) is 4.23. The highest BCUT2D eigenvalue weighted by Gasteiger charge is 2.37. The second-order valence-corrected chi connectivity index (χ2v) is 6.31.